The van der Waals surface area contributed by atoms with E-state index in [1.165, 1.54) is 11.6 Å². The molecular formula is C17H18BrNO2. The summed E-state index contributed by atoms with van der Waals surface area (Å²) in [4.78, 5) is 14.3. The average molecular weight is 348 g/mol. The molecule has 0 bridgehead atoms. The van der Waals surface area contributed by atoms with Gasteiger partial charge in [-0.15, -0.1) is 0 Å². The summed E-state index contributed by atoms with van der Waals surface area (Å²) in [5.41, 5.74) is 1.53. The van der Waals surface area contributed by atoms with Crippen LogP contribution in [0.3, 0.4) is 0 Å². The van der Waals surface area contributed by atoms with E-state index < -0.39 is 0 Å². The van der Waals surface area contributed by atoms with Gasteiger partial charge in [0.05, 0.1) is 5.56 Å². The molecule has 1 N–H and O–H groups in total. The fourth-order valence-electron chi connectivity index (χ4n) is 2.16. The third kappa shape index (κ3) is 4.08. The molecule has 0 radical (unpaired) electrons. The van der Waals surface area contributed by atoms with Crippen LogP contribution in [0.2, 0.25) is 0 Å². The third-order valence-corrected chi connectivity index (χ3v) is 3.86. The first-order valence-electron chi connectivity index (χ1n) is 6.93. The lowest BCUT2D eigenvalue weighted by Gasteiger charge is -2.21. The maximum atomic E-state index is 12.5. The smallest absolute Gasteiger partial charge is 0.257 e. The second-order valence-corrected chi connectivity index (χ2v) is 5.70. The molecule has 3 nitrogen and oxygen atoms in total. The molecular weight excluding hydrogens is 330 g/mol. The van der Waals surface area contributed by atoms with Gasteiger partial charge in [-0.3, -0.25) is 4.79 Å². The van der Waals surface area contributed by atoms with Crippen LogP contribution in [0.25, 0.3) is 0 Å². The van der Waals surface area contributed by atoms with Gasteiger partial charge in [-0.05, 0) is 37.1 Å². The van der Waals surface area contributed by atoms with E-state index in [0.29, 0.717) is 18.7 Å². The molecule has 1 amide bonds. The second-order valence-electron chi connectivity index (χ2n) is 4.78. The van der Waals surface area contributed by atoms with E-state index in [2.05, 4.69) is 28.1 Å². The average Bonchev–Trinajstić information content (AvgIpc) is 2.51. The van der Waals surface area contributed by atoms with Crippen molar-refractivity contribution in [1.29, 1.82) is 0 Å². The lowest BCUT2D eigenvalue weighted by atomic mass is 10.1. The maximum Gasteiger partial charge on any atom is 0.257 e. The Morgan fingerprint density at radius 1 is 1.19 bits per heavy atom. The normalized spacial score (nSPS) is 10.4. The molecule has 110 valence electrons. The van der Waals surface area contributed by atoms with Gasteiger partial charge in [0.2, 0.25) is 0 Å². The molecule has 21 heavy (non-hydrogen) atoms. The number of amides is 1. The first kappa shape index (κ1) is 15.6. The number of carbonyl (C=O) groups is 1. The number of hydrogen-bond acceptors (Lipinski definition) is 2. The Labute approximate surface area is 133 Å². The molecule has 0 aliphatic carbocycles. The van der Waals surface area contributed by atoms with E-state index in [1.54, 1.807) is 17.0 Å². The van der Waals surface area contributed by atoms with Crippen molar-refractivity contribution >= 4 is 21.8 Å². The fourth-order valence-corrected chi connectivity index (χ4v) is 2.52. The summed E-state index contributed by atoms with van der Waals surface area (Å²) in [6, 6.07) is 15.0. The van der Waals surface area contributed by atoms with E-state index >= 15 is 0 Å². The Morgan fingerprint density at radius 2 is 1.90 bits per heavy atom. The minimum Gasteiger partial charge on any atom is -0.507 e. The summed E-state index contributed by atoms with van der Waals surface area (Å²) in [5.74, 6) is -0.131. The Kier molecular flexibility index (Phi) is 5.39. The monoisotopic (exact) mass is 347 g/mol. The van der Waals surface area contributed by atoms with Crippen molar-refractivity contribution in [3.8, 4) is 5.75 Å². The van der Waals surface area contributed by atoms with Crippen LogP contribution in [-0.4, -0.2) is 29.0 Å². The molecule has 4 heteroatoms. The topological polar surface area (TPSA) is 40.5 Å². The maximum absolute atomic E-state index is 12.5. The van der Waals surface area contributed by atoms with Crippen LogP contribution >= 0.6 is 15.9 Å². The van der Waals surface area contributed by atoms with E-state index in [0.717, 1.165) is 10.9 Å². The van der Waals surface area contributed by atoms with Crippen molar-refractivity contribution in [3.05, 3.63) is 64.1 Å². The number of aromatic hydroxyl groups is 1. The van der Waals surface area contributed by atoms with Crippen molar-refractivity contribution in [1.82, 2.24) is 4.90 Å². The van der Waals surface area contributed by atoms with Crippen LogP contribution in [0.1, 0.15) is 22.8 Å². The highest BCUT2D eigenvalue weighted by Crippen LogP contribution is 2.23. The molecule has 0 saturated heterocycles. The number of benzene rings is 2. The minimum atomic E-state index is -0.146. The minimum absolute atomic E-state index is 0.0151. The first-order valence-corrected chi connectivity index (χ1v) is 7.73. The van der Waals surface area contributed by atoms with E-state index in [4.69, 9.17) is 0 Å². The first-order chi connectivity index (χ1) is 10.1. The van der Waals surface area contributed by atoms with Crippen LogP contribution in [0, 0.1) is 0 Å². The molecule has 0 aliphatic rings. The van der Waals surface area contributed by atoms with Gasteiger partial charge in [-0.25, -0.2) is 0 Å². The molecule has 2 aromatic carbocycles. The molecule has 0 unspecified atom stereocenters. The lowest BCUT2D eigenvalue weighted by molar-refractivity contribution is 0.0763. The third-order valence-electron chi connectivity index (χ3n) is 3.37. The number of carbonyl (C=O) groups excluding carboxylic acids is 1. The van der Waals surface area contributed by atoms with Gasteiger partial charge in [0.15, 0.2) is 0 Å². The molecule has 0 aliphatic heterocycles. The van der Waals surface area contributed by atoms with Crippen LogP contribution in [0.5, 0.6) is 5.75 Å². The van der Waals surface area contributed by atoms with Crippen molar-refractivity contribution in [2.45, 2.75) is 13.3 Å². The lowest BCUT2D eigenvalue weighted by Crippen LogP contribution is -2.32. The molecule has 0 saturated carbocycles. The predicted molar refractivity (Wildman–Crippen MR) is 87.5 cm³/mol. The SMILES string of the molecule is CCN(CCc1ccccc1)C(=O)c1cc(Br)ccc1O. The van der Waals surface area contributed by atoms with E-state index in [-0.39, 0.29) is 11.7 Å². The molecule has 0 spiro atoms. The van der Waals surface area contributed by atoms with Crippen LogP contribution in [0.4, 0.5) is 0 Å². The molecule has 0 fully saturated rings. The number of likely N-dealkylation sites (N-methyl/N-ethyl adjacent to an activating group) is 1. The number of halogens is 1. The second kappa shape index (κ2) is 7.27. The van der Waals surface area contributed by atoms with Gasteiger partial charge in [0.25, 0.3) is 5.91 Å². The highest BCUT2D eigenvalue weighted by Gasteiger charge is 2.17. The Balaban J connectivity index is 2.10. The Hall–Kier alpha value is -1.81. The van der Waals surface area contributed by atoms with Gasteiger partial charge >= 0.3 is 0 Å². The van der Waals surface area contributed by atoms with Gasteiger partial charge in [0, 0.05) is 17.6 Å². The molecule has 0 aromatic heterocycles. The van der Waals surface area contributed by atoms with Crippen LogP contribution < -0.4 is 0 Å². The molecule has 0 heterocycles. The number of hydrogen-bond donors (Lipinski definition) is 1. The summed E-state index contributed by atoms with van der Waals surface area (Å²) in [6.45, 7) is 3.18. The van der Waals surface area contributed by atoms with Crippen molar-refractivity contribution in [2.24, 2.45) is 0 Å². The summed E-state index contributed by atoms with van der Waals surface area (Å²) in [6.07, 6.45) is 0.801. The zero-order valence-electron chi connectivity index (χ0n) is 11.9. The number of phenolic OH excluding ortho intramolecular Hbond substituents is 1. The van der Waals surface area contributed by atoms with Crippen LogP contribution in [0.15, 0.2) is 53.0 Å². The van der Waals surface area contributed by atoms with E-state index in [9.17, 15) is 9.90 Å². The summed E-state index contributed by atoms with van der Waals surface area (Å²) in [7, 11) is 0. The number of phenols is 1. The molecule has 2 aromatic rings. The van der Waals surface area contributed by atoms with Crippen molar-refractivity contribution in [2.75, 3.05) is 13.1 Å². The summed E-state index contributed by atoms with van der Waals surface area (Å²) >= 11 is 3.33. The molecule has 0 atom stereocenters. The number of rotatable bonds is 5. The van der Waals surface area contributed by atoms with Gasteiger partial charge in [-0.1, -0.05) is 46.3 Å². The Morgan fingerprint density at radius 3 is 2.57 bits per heavy atom. The largest absolute Gasteiger partial charge is 0.507 e. The molecule has 2 rings (SSSR count). The number of nitrogens with zero attached hydrogens (tertiary/aromatic N) is 1. The van der Waals surface area contributed by atoms with Gasteiger partial charge in [0.1, 0.15) is 5.75 Å². The van der Waals surface area contributed by atoms with Crippen LogP contribution in [-0.2, 0) is 6.42 Å². The predicted octanol–water partition coefficient (Wildman–Crippen LogP) is 3.86. The van der Waals surface area contributed by atoms with Gasteiger partial charge < -0.3 is 10.0 Å². The fraction of sp³-hybridized carbons (Fsp3) is 0.235. The summed E-state index contributed by atoms with van der Waals surface area (Å²) < 4.78 is 0.780. The highest BCUT2D eigenvalue weighted by atomic mass is 79.9. The standard InChI is InChI=1S/C17H18BrNO2/c1-2-19(11-10-13-6-4-3-5-7-13)17(21)15-12-14(18)8-9-16(15)20/h3-9,12,20H,2,10-11H2,1H3. The highest BCUT2D eigenvalue weighted by molar-refractivity contribution is 9.10. The quantitative estimate of drug-likeness (QED) is 0.891. The van der Waals surface area contributed by atoms with E-state index in [1.807, 2.05) is 25.1 Å². The zero-order chi connectivity index (χ0) is 15.2. The zero-order valence-corrected chi connectivity index (χ0v) is 13.5. The summed E-state index contributed by atoms with van der Waals surface area (Å²) in [5, 5.41) is 9.87. The van der Waals surface area contributed by atoms with Gasteiger partial charge in [-0.2, -0.15) is 0 Å². The Bertz CT molecular complexity index is 613. The van der Waals surface area contributed by atoms with Crippen molar-refractivity contribution < 1.29 is 9.90 Å². The van der Waals surface area contributed by atoms with Crippen molar-refractivity contribution in [3.63, 3.8) is 0 Å².